The van der Waals surface area contributed by atoms with E-state index in [0.29, 0.717) is 17.6 Å². The van der Waals surface area contributed by atoms with Crippen LogP contribution in [-0.2, 0) is 6.54 Å². The van der Waals surface area contributed by atoms with Gasteiger partial charge < -0.3 is 15.2 Å². The fourth-order valence-corrected chi connectivity index (χ4v) is 1.56. The molecule has 0 aromatic heterocycles. The van der Waals surface area contributed by atoms with Gasteiger partial charge in [-0.1, -0.05) is 25.4 Å². The zero-order valence-corrected chi connectivity index (χ0v) is 11.3. The Balaban J connectivity index is 2.79. The van der Waals surface area contributed by atoms with Crippen LogP contribution < -0.4 is 10.1 Å². The number of aliphatic hydroxyl groups is 1. The first-order valence-electron chi connectivity index (χ1n) is 5.82. The van der Waals surface area contributed by atoms with Crippen LogP contribution in [0.15, 0.2) is 18.2 Å². The molecule has 0 aliphatic carbocycles. The molecule has 0 heterocycles. The molecule has 96 valence electrons. The Hall–Kier alpha value is -0.770. The average Bonchev–Trinajstić information content (AvgIpc) is 2.29. The normalized spacial score (nSPS) is 12.8. The summed E-state index contributed by atoms with van der Waals surface area (Å²) in [4.78, 5) is 0. The molecule has 0 saturated heterocycles. The van der Waals surface area contributed by atoms with Crippen LogP contribution >= 0.6 is 11.6 Å². The molecule has 1 aromatic rings. The topological polar surface area (TPSA) is 41.5 Å². The van der Waals surface area contributed by atoms with E-state index >= 15 is 0 Å². The van der Waals surface area contributed by atoms with Crippen LogP contribution in [0.3, 0.4) is 0 Å². The maximum absolute atomic E-state index is 8.99. The van der Waals surface area contributed by atoms with Crippen molar-refractivity contribution in [2.45, 2.75) is 39.5 Å². The highest BCUT2D eigenvalue weighted by molar-refractivity contribution is 6.30. The Morgan fingerprint density at radius 2 is 2.06 bits per heavy atom. The molecule has 0 radical (unpaired) electrons. The van der Waals surface area contributed by atoms with Crippen molar-refractivity contribution in [3.63, 3.8) is 0 Å². The molecule has 2 N–H and O–H groups in total. The van der Waals surface area contributed by atoms with Gasteiger partial charge in [-0.25, -0.2) is 0 Å². The van der Waals surface area contributed by atoms with Crippen molar-refractivity contribution >= 4 is 11.6 Å². The van der Waals surface area contributed by atoms with Crippen molar-refractivity contribution in [2.75, 3.05) is 6.61 Å². The monoisotopic (exact) mass is 257 g/mol. The van der Waals surface area contributed by atoms with Gasteiger partial charge in [-0.05, 0) is 25.1 Å². The predicted molar refractivity (Wildman–Crippen MR) is 70.6 cm³/mol. The van der Waals surface area contributed by atoms with Crippen molar-refractivity contribution < 1.29 is 9.84 Å². The molecular weight excluding hydrogens is 238 g/mol. The molecular formula is C13H20ClNO2. The van der Waals surface area contributed by atoms with Crippen LogP contribution in [0.1, 0.15) is 26.3 Å². The predicted octanol–water partition coefficient (Wildman–Crippen LogP) is 2.60. The molecule has 1 unspecified atom stereocenters. The summed E-state index contributed by atoms with van der Waals surface area (Å²) in [7, 11) is 0. The van der Waals surface area contributed by atoms with Gasteiger partial charge >= 0.3 is 0 Å². The van der Waals surface area contributed by atoms with E-state index in [4.69, 9.17) is 21.4 Å². The molecule has 0 aliphatic heterocycles. The standard InChI is InChI=1S/C13H20ClNO2/c1-9(2)15-7-11-6-12(14)4-5-13(11)17-10(3)8-16/h4-6,9-10,15-16H,7-8H2,1-3H3. The summed E-state index contributed by atoms with van der Waals surface area (Å²) in [6.45, 7) is 6.70. The summed E-state index contributed by atoms with van der Waals surface area (Å²) in [6.07, 6.45) is -0.214. The molecule has 0 spiro atoms. The van der Waals surface area contributed by atoms with Gasteiger partial charge in [-0.2, -0.15) is 0 Å². The average molecular weight is 258 g/mol. The Bertz CT molecular complexity index is 355. The van der Waals surface area contributed by atoms with Crippen molar-refractivity contribution in [3.05, 3.63) is 28.8 Å². The molecule has 3 nitrogen and oxygen atoms in total. The van der Waals surface area contributed by atoms with Gasteiger partial charge in [-0.3, -0.25) is 0 Å². The Morgan fingerprint density at radius 1 is 1.35 bits per heavy atom. The van der Waals surface area contributed by atoms with Crippen molar-refractivity contribution in [3.8, 4) is 5.75 Å². The van der Waals surface area contributed by atoms with Gasteiger partial charge in [0.1, 0.15) is 11.9 Å². The molecule has 4 heteroatoms. The van der Waals surface area contributed by atoms with Crippen molar-refractivity contribution in [2.24, 2.45) is 0 Å². The minimum absolute atomic E-state index is 0.000322. The Kier molecular flexibility index (Phi) is 5.75. The third kappa shape index (κ3) is 4.94. The molecule has 0 bridgehead atoms. The third-order valence-corrected chi connectivity index (χ3v) is 2.54. The summed E-state index contributed by atoms with van der Waals surface area (Å²) in [5.41, 5.74) is 1.01. The molecule has 1 atom stereocenters. The summed E-state index contributed by atoms with van der Waals surface area (Å²) < 4.78 is 5.63. The fourth-order valence-electron chi connectivity index (χ4n) is 1.37. The second-order valence-corrected chi connectivity index (χ2v) is 4.84. The minimum Gasteiger partial charge on any atom is -0.488 e. The van der Waals surface area contributed by atoms with E-state index in [-0.39, 0.29) is 12.7 Å². The first-order valence-corrected chi connectivity index (χ1v) is 6.20. The second-order valence-electron chi connectivity index (χ2n) is 4.40. The Labute approximate surface area is 108 Å². The maximum Gasteiger partial charge on any atom is 0.124 e. The van der Waals surface area contributed by atoms with Gasteiger partial charge in [0.2, 0.25) is 0 Å². The maximum atomic E-state index is 8.99. The second kappa shape index (κ2) is 6.84. The van der Waals surface area contributed by atoms with Gasteiger partial charge in [0.05, 0.1) is 6.61 Å². The number of aliphatic hydroxyl groups excluding tert-OH is 1. The number of ether oxygens (including phenoxy) is 1. The van der Waals surface area contributed by atoms with E-state index < -0.39 is 0 Å². The number of benzene rings is 1. The van der Waals surface area contributed by atoms with Gasteiger partial charge in [0.25, 0.3) is 0 Å². The molecule has 0 aliphatic rings. The summed E-state index contributed by atoms with van der Waals surface area (Å²) in [6, 6.07) is 5.92. The highest BCUT2D eigenvalue weighted by Crippen LogP contribution is 2.24. The van der Waals surface area contributed by atoms with Crippen molar-refractivity contribution in [1.82, 2.24) is 5.32 Å². The van der Waals surface area contributed by atoms with E-state index in [1.807, 2.05) is 19.1 Å². The summed E-state index contributed by atoms with van der Waals surface area (Å²) in [5.74, 6) is 0.768. The van der Waals surface area contributed by atoms with Gasteiger partial charge in [0, 0.05) is 23.2 Å². The molecule has 1 rings (SSSR count). The molecule has 17 heavy (non-hydrogen) atoms. The lowest BCUT2D eigenvalue weighted by molar-refractivity contribution is 0.128. The van der Waals surface area contributed by atoms with Crippen LogP contribution in [0.5, 0.6) is 5.75 Å². The fraction of sp³-hybridized carbons (Fsp3) is 0.538. The summed E-state index contributed by atoms with van der Waals surface area (Å²) in [5, 5.41) is 13.0. The van der Waals surface area contributed by atoms with Gasteiger partial charge in [-0.15, -0.1) is 0 Å². The number of hydrogen-bond acceptors (Lipinski definition) is 3. The number of halogens is 1. The lowest BCUT2D eigenvalue weighted by Crippen LogP contribution is -2.23. The largest absolute Gasteiger partial charge is 0.488 e. The van der Waals surface area contributed by atoms with E-state index in [9.17, 15) is 0 Å². The highest BCUT2D eigenvalue weighted by Gasteiger charge is 2.08. The highest BCUT2D eigenvalue weighted by atomic mass is 35.5. The lowest BCUT2D eigenvalue weighted by Gasteiger charge is -2.17. The third-order valence-electron chi connectivity index (χ3n) is 2.31. The quantitative estimate of drug-likeness (QED) is 0.823. The molecule has 0 fully saturated rings. The van der Waals surface area contributed by atoms with E-state index in [1.165, 1.54) is 0 Å². The van der Waals surface area contributed by atoms with E-state index in [1.54, 1.807) is 6.07 Å². The van der Waals surface area contributed by atoms with Crippen LogP contribution in [0, 0.1) is 0 Å². The van der Waals surface area contributed by atoms with Crippen molar-refractivity contribution in [1.29, 1.82) is 0 Å². The SMILES string of the molecule is CC(C)NCc1cc(Cl)ccc1OC(C)CO. The first kappa shape index (κ1) is 14.3. The van der Waals surface area contributed by atoms with Crippen LogP contribution in [0.4, 0.5) is 0 Å². The molecule has 0 saturated carbocycles. The van der Waals surface area contributed by atoms with Crippen LogP contribution in [0.25, 0.3) is 0 Å². The zero-order chi connectivity index (χ0) is 12.8. The zero-order valence-electron chi connectivity index (χ0n) is 10.5. The number of hydrogen-bond donors (Lipinski definition) is 2. The molecule has 1 aromatic carbocycles. The number of nitrogens with one attached hydrogen (secondary N) is 1. The lowest BCUT2D eigenvalue weighted by atomic mass is 10.2. The van der Waals surface area contributed by atoms with Crippen LogP contribution in [0.2, 0.25) is 5.02 Å². The first-order chi connectivity index (χ1) is 8.02. The van der Waals surface area contributed by atoms with E-state index in [0.717, 1.165) is 11.3 Å². The smallest absolute Gasteiger partial charge is 0.124 e. The summed E-state index contributed by atoms with van der Waals surface area (Å²) >= 11 is 5.97. The van der Waals surface area contributed by atoms with E-state index in [2.05, 4.69) is 19.2 Å². The number of rotatable bonds is 6. The Morgan fingerprint density at radius 3 is 2.65 bits per heavy atom. The van der Waals surface area contributed by atoms with Crippen LogP contribution in [-0.4, -0.2) is 23.9 Å². The molecule has 0 amide bonds. The van der Waals surface area contributed by atoms with Gasteiger partial charge in [0.15, 0.2) is 0 Å². The minimum atomic E-state index is -0.214.